The lowest BCUT2D eigenvalue weighted by Crippen LogP contribution is -2.37. The maximum atomic E-state index is 5.35. The van der Waals surface area contributed by atoms with Crippen molar-refractivity contribution in [3.05, 3.63) is 29.3 Å². The van der Waals surface area contributed by atoms with Crippen LogP contribution in [-0.2, 0) is 6.54 Å². The molecule has 0 saturated heterocycles. The fourth-order valence-electron chi connectivity index (χ4n) is 1.96. The van der Waals surface area contributed by atoms with E-state index in [4.69, 9.17) is 4.74 Å². The van der Waals surface area contributed by atoms with Crippen LogP contribution in [0, 0.1) is 6.92 Å². The molecule has 0 spiro atoms. The van der Waals surface area contributed by atoms with Crippen molar-refractivity contribution in [3.8, 4) is 5.75 Å². The van der Waals surface area contributed by atoms with E-state index in [1.165, 1.54) is 24.2 Å². The summed E-state index contributed by atoms with van der Waals surface area (Å²) in [4.78, 5) is 4.24. The van der Waals surface area contributed by atoms with E-state index < -0.39 is 0 Å². The number of guanidine groups is 1. The number of hydrogen-bond donors (Lipinski definition) is 2. The van der Waals surface area contributed by atoms with Gasteiger partial charge in [-0.2, -0.15) is 11.8 Å². The highest BCUT2D eigenvalue weighted by Gasteiger charge is 2.02. The summed E-state index contributed by atoms with van der Waals surface area (Å²) in [6, 6.07) is 6.25. The maximum absolute atomic E-state index is 5.35. The molecule has 1 aromatic rings. The number of rotatable bonds is 8. The van der Waals surface area contributed by atoms with E-state index >= 15 is 0 Å². The number of hydrogen-bond acceptors (Lipinski definition) is 3. The number of methoxy groups -OCH3 is 1. The quantitative estimate of drug-likeness (QED) is 0.283. The second-order valence-corrected chi connectivity index (χ2v) is 5.84. The van der Waals surface area contributed by atoms with Crippen molar-refractivity contribution in [3.63, 3.8) is 0 Å². The van der Waals surface area contributed by atoms with Crippen molar-refractivity contribution in [2.45, 2.75) is 26.3 Å². The van der Waals surface area contributed by atoms with Gasteiger partial charge in [-0.3, -0.25) is 4.99 Å². The first kappa shape index (κ1) is 21.4. The molecular formula is C16H28IN3OS. The third-order valence-electron chi connectivity index (χ3n) is 3.22. The molecule has 0 aliphatic heterocycles. The number of benzene rings is 1. The third kappa shape index (κ3) is 8.12. The van der Waals surface area contributed by atoms with Gasteiger partial charge < -0.3 is 15.4 Å². The molecule has 6 heteroatoms. The van der Waals surface area contributed by atoms with E-state index in [1.54, 1.807) is 14.2 Å². The number of aliphatic imine (C=N–C) groups is 1. The molecule has 126 valence electrons. The predicted molar refractivity (Wildman–Crippen MR) is 109 cm³/mol. The Labute approximate surface area is 155 Å². The second-order valence-electron chi connectivity index (χ2n) is 4.86. The fraction of sp³-hybridized carbons (Fsp3) is 0.562. The van der Waals surface area contributed by atoms with E-state index in [0.717, 1.165) is 30.4 Å². The topological polar surface area (TPSA) is 45.7 Å². The van der Waals surface area contributed by atoms with Crippen LogP contribution in [0.5, 0.6) is 5.75 Å². The molecule has 0 amide bonds. The normalized spacial score (nSPS) is 10.8. The summed E-state index contributed by atoms with van der Waals surface area (Å²) in [5.74, 6) is 2.99. The molecule has 0 radical (unpaired) electrons. The van der Waals surface area contributed by atoms with Crippen LogP contribution < -0.4 is 15.4 Å². The Kier molecular flexibility index (Phi) is 12.5. The summed E-state index contributed by atoms with van der Waals surface area (Å²) in [6.07, 6.45) is 4.55. The van der Waals surface area contributed by atoms with Crippen LogP contribution in [0.1, 0.15) is 24.0 Å². The lowest BCUT2D eigenvalue weighted by molar-refractivity contribution is 0.411. The van der Waals surface area contributed by atoms with Gasteiger partial charge in [0.15, 0.2) is 5.96 Å². The van der Waals surface area contributed by atoms with Crippen LogP contribution in [0.25, 0.3) is 0 Å². The highest BCUT2D eigenvalue weighted by atomic mass is 127. The van der Waals surface area contributed by atoms with E-state index in [0.29, 0.717) is 0 Å². The van der Waals surface area contributed by atoms with Crippen LogP contribution >= 0.6 is 35.7 Å². The van der Waals surface area contributed by atoms with Crippen LogP contribution in [0.15, 0.2) is 23.2 Å². The maximum Gasteiger partial charge on any atom is 0.191 e. The standard InChI is InChI=1S/C16H27N3OS.HI/c1-13-7-8-14(11-15(13)20-3)12-19-16(17-2)18-9-5-6-10-21-4;/h7-8,11H,5-6,9-10,12H2,1-4H3,(H2,17,18,19);1H. The van der Waals surface area contributed by atoms with Gasteiger partial charge in [0, 0.05) is 20.1 Å². The molecule has 1 aromatic carbocycles. The number of nitrogens with zero attached hydrogens (tertiary/aromatic N) is 1. The molecule has 4 nitrogen and oxygen atoms in total. The molecule has 0 saturated carbocycles. The molecule has 0 aromatic heterocycles. The van der Waals surface area contributed by atoms with Crippen LogP contribution in [-0.4, -0.2) is 38.7 Å². The molecule has 0 aliphatic carbocycles. The van der Waals surface area contributed by atoms with Crippen LogP contribution in [0.2, 0.25) is 0 Å². The SMILES string of the molecule is CN=C(NCCCCSC)NCc1ccc(C)c(OC)c1.I. The summed E-state index contributed by atoms with van der Waals surface area (Å²) in [6.45, 7) is 3.74. The Morgan fingerprint density at radius 3 is 2.68 bits per heavy atom. The van der Waals surface area contributed by atoms with Gasteiger partial charge in [0.25, 0.3) is 0 Å². The summed E-state index contributed by atoms with van der Waals surface area (Å²) in [7, 11) is 3.50. The van der Waals surface area contributed by atoms with Gasteiger partial charge in [0.2, 0.25) is 0 Å². The Morgan fingerprint density at radius 1 is 1.27 bits per heavy atom. The van der Waals surface area contributed by atoms with E-state index in [2.05, 4.69) is 40.1 Å². The molecule has 0 aliphatic rings. The van der Waals surface area contributed by atoms with Crippen molar-refractivity contribution in [2.75, 3.05) is 32.7 Å². The lowest BCUT2D eigenvalue weighted by Gasteiger charge is -2.13. The predicted octanol–water partition coefficient (Wildman–Crippen LogP) is 3.43. The number of ether oxygens (including phenoxy) is 1. The van der Waals surface area contributed by atoms with Gasteiger partial charge in [0.05, 0.1) is 7.11 Å². The third-order valence-corrected chi connectivity index (χ3v) is 3.92. The molecule has 0 unspecified atom stereocenters. The minimum Gasteiger partial charge on any atom is -0.496 e. The summed E-state index contributed by atoms with van der Waals surface area (Å²) in [5, 5.41) is 6.66. The first-order valence-electron chi connectivity index (χ1n) is 7.28. The Balaban J connectivity index is 0.00000441. The Bertz CT molecular complexity index is 455. The number of aryl methyl sites for hydroxylation is 1. The van der Waals surface area contributed by atoms with Crippen molar-refractivity contribution < 1.29 is 4.74 Å². The molecule has 0 atom stereocenters. The van der Waals surface area contributed by atoms with Crippen molar-refractivity contribution >= 4 is 41.7 Å². The largest absolute Gasteiger partial charge is 0.496 e. The zero-order valence-electron chi connectivity index (χ0n) is 13.9. The van der Waals surface area contributed by atoms with Crippen LogP contribution in [0.3, 0.4) is 0 Å². The number of nitrogens with one attached hydrogen (secondary N) is 2. The Morgan fingerprint density at radius 2 is 2.05 bits per heavy atom. The van der Waals surface area contributed by atoms with Gasteiger partial charge in [-0.15, -0.1) is 24.0 Å². The monoisotopic (exact) mass is 437 g/mol. The Hall–Kier alpha value is -0.630. The highest BCUT2D eigenvalue weighted by Crippen LogP contribution is 2.18. The number of thioether (sulfide) groups is 1. The molecule has 1 rings (SSSR count). The van der Waals surface area contributed by atoms with Crippen LogP contribution in [0.4, 0.5) is 0 Å². The average molecular weight is 437 g/mol. The summed E-state index contributed by atoms with van der Waals surface area (Å²) in [5.41, 5.74) is 2.33. The first-order valence-corrected chi connectivity index (χ1v) is 8.67. The summed E-state index contributed by atoms with van der Waals surface area (Å²) < 4.78 is 5.35. The molecule has 0 heterocycles. The molecule has 0 bridgehead atoms. The minimum absolute atomic E-state index is 0. The lowest BCUT2D eigenvalue weighted by atomic mass is 10.1. The van der Waals surface area contributed by atoms with Crippen molar-refractivity contribution in [1.29, 1.82) is 0 Å². The number of halogens is 1. The molecular weight excluding hydrogens is 409 g/mol. The van der Waals surface area contributed by atoms with Crippen molar-refractivity contribution in [1.82, 2.24) is 10.6 Å². The van der Waals surface area contributed by atoms with Gasteiger partial charge in [-0.1, -0.05) is 12.1 Å². The second kappa shape index (κ2) is 12.9. The van der Waals surface area contributed by atoms with Gasteiger partial charge in [0.1, 0.15) is 5.75 Å². The smallest absolute Gasteiger partial charge is 0.191 e. The van der Waals surface area contributed by atoms with E-state index in [-0.39, 0.29) is 24.0 Å². The van der Waals surface area contributed by atoms with E-state index in [1.807, 2.05) is 18.7 Å². The number of unbranched alkanes of at least 4 members (excludes halogenated alkanes) is 1. The van der Waals surface area contributed by atoms with Gasteiger partial charge >= 0.3 is 0 Å². The molecule has 2 N–H and O–H groups in total. The highest BCUT2D eigenvalue weighted by molar-refractivity contribution is 14.0. The minimum atomic E-state index is 0. The van der Waals surface area contributed by atoms with Gasteiger partial charge in [-0.25, -0.2) is 0 Å². The summed E-state index contributed by atoms with van der Waals surface area (Å²) >= 11 is 1.89. The average Bonchev–Trinajstić information content (AvgIpc) is 2.51. The fourth-order valence-corrected chi connectivity index (χ4v) is 2.45. The first-order chi connectivity index (χ1) is 10.2. The zero-order valence-corrected chi connectivity index (χ0v) is 17.1. The zero-order chi connectivity index (χ0) is 15.5. The molecule has 22 heavy (non-hydrogen) atoms. The van der Waals surface area contributed by atoms with Crippen molar-refractivity contribution in [2.24, 2.45) is 4.99 Å². The van der Waals surface area contributed by atoms with E-state index in [9.17, 15) is 0 Å². The molecule has 0 fully saturated rings. The van der Waals surface area contributed by atoms with Gasteiger partial charge in [-0.05, 0) is 49.0 Å².